The zero-order chi connectivity index (χ0) is 22.5. The van der Waals surface area contributed by atoms with Gasteiger partial charge in [-0.05, 0) is 31.2 Å². The number of carbonyl (C=O) groups is 1. The van der Waals surface area contributed by atoms with Crippen molar-refractivity contribution in [2.75, 3.05) is 29.8 Å². The summed E-state index contributed by atoms with van der Waals surface area (Å²) >= 11 is 7.65. The SMILES string of the molecule is CN(c1ccc(S(=O)(=O)Nc2cscn2)cc1Cl)[C@H]1CCNC1.O=C(O)C(F)(F)F. The van der Waals surface area contributed by atoms with Crippen LogP contribution in [-0.4, -0.2) is 56.8 Å². The number of nitrogens with zero attached hydrogens (tertiary/aromatic N) is 2. The van der Waals surface area contributed by atoms with E-state index in [1.807, 2.05) is 7.05 Å². The minimum atomic E-state index is -5.08. The van der Waals surface area contributed by atoms with E-state index in [9.17, 15) is 21.6 Å². The molecular formula is C16H18ClF3N4O4S2. The summed E-state index contributed by atoms with van der Waals surface area (Å²) in [6.07, 6.45) is -4.04. The van der Waals surface area contributed by atoms with E-state index in [2.05, 4.69) is 19.9 Å². The van der Waals surface area contributed by atoms with Crippen LogP contribution >= 0.6 is 22.9 Å². The van der Waals surface area contributed by atoms with Crippen LogP contribution in [0.15, 0.2) is 34.0 Å². The molecule has 1 aromatic heterocycles. The molecule has 0 unspecified atom stereocenters. The quantitative estimate of drug-likeness (QED) is 0.595. The van der Waals surface area contributed by atoms with Gasteiger partial charge in [-0.15, -0.1) is 11.3 Å². The lowest BCUT2D eigenvalue weighted by Gasteiger charge is -2.27. The lowest BCUT2D eigenvalue weighted by molar-refractivity contribution is -0.192. The van der Waals surface area contributed by atoms with Crippen LogP contribution in [0.5, 0.6) is 0 Å². The Morgan fingerprint density at radius 1 is 1.43 bits per heavy atom. The molecule has 0 spiro atoms. The van der Waals surface area contributed by atoms with Crippen LogP contribution in [0.2, 0.25) is 5.02 Å². The van der Waals surface area contributed by atoms with Crippen molar-refractivity contribution in [1.29, 1.82) is 0 Å². The number of halogens is 4. The first-order valence-electron chi connectivity index (χ1n) is 8.36. The molecule has 3 N–H and O–H groups in total. The maximum absolute atomic E-state index is 12.4. The zero-order valence-electron chi connectivity index (χ0n) is 15.5. The fourth-order valence-electron chi connectivity index (χ4n) is 2.57. The van der Waals surface area contributed by atoms with E-state index >= 15 is 0 Å². The van der Waals surface area contributed by atoms with Crippen molar-refractivity contribution in [2.45, 2.75) is 23.5 Å². The van der Waals surface area contributed by atoms with Crippen LogP contribution in [0, 0.1) is 0 Å². The number of benzene rings is 1. The molecule has 1 aliphatic rings. The zero-order valence-corrected chi connectivity index (χ0v) is 17.9. The standard InChI is InChI=1S/C14H17ClN4O2S2.C2HF3O2/c1-19(10-4-5-16-7-10)13-3-2-11(6-12(13)15)23(20,21)18-14-8-22-9-17-14;3-2(4,5)1(6)7/h2-3,6,8-10,16,18H,4-5,7H2,1H3;(H,6,7)/t10-;/m0./s1. The van der Waals surface area contributed by atoms with E-state index in [1.54, 1.807) is 23.0 Å². The summed E-state index contributed by atoms with van der Waals surface area (Å²) in [5.41, 5.74) is 2.39. The number of anilines is 2. The molecule has 1 fully saturated rings. The number of hydrogen-bond acceptors (Lipinski definition) is 7. The second-order valence-electron chi connectivity index (χ2n) is 6.15. The fourth-order valence-corrected chi connectivity index (χ4v) is 4.53. The number of aliphatic carboxylic acids is 1. The Hall–Kier alpha value is -2.09. The lowest BCUT2D eigenvalue weighted by atomic mass is 10.2. The number of carboxylic acids is 1. The first kappa shape index (κ1) is 24.2. The van der Waals surface area contributed by atoms with Gasteiger partial charge in [0.1, 0.15) is 0 Å². The summed E-state index contributed by atoms with van der Waals surface area (Å²) in [6.45, 7) is 1.88. The molecule has 0 saturated carbocycles. The number of hydrogen-bond donors (Lipinski definition) is 3. The molecule has 1 atom stereocenters. The summed E-state index contributed by atoms with van der Waals surface area (Å²) in [5.74, 6) is -2.45. The maximum atomic E-state index is 12.4. The minimum absolute atomic E-state index is 0.122. The number of alkyl halides is 3. The topological polar surface area (TPSA) is 112 Å². The molecule has 30 heavy (non-hydrogen) atoms. The molecule has 0 aliphatic carbocycles. The fraction of sp³-hybridized carbons (Fsp3) is 0.375. The van der Waals surface area contributed by atoms with Gasteiger partial charge in [0.05, 0.1) is 21.1 Å². The molecule has 1 aliphatic heterocycles. The molecule has 14 heteroatoms. The van der Waals surface area contributed by atoms with Gasteiger partial charge in [-0.3, -0.25) is 4.72 Å². The number of likely N-dealkylation sites (N-methyl/N-ethyl adjacent to an activating group) is 1. The van der Waals surface area contributed by atoms with Crippen molar-refractivity contribution in [3.05, 3.63) is 34.1 Å². The number of thiazole rings is 1. The second kappa shape index (κ2) is 9.81. The van der Waals surface area contributed by atoms with E-state index in [0.29, 0.717) is 16.9 Å². The summed E-state index contributed by atoms with van der Waals surface area (Å²) in [6, 6.07) is 5.15. The van der Waals surface area contributed by atoms with Crippen molar-refractivity contribution in [2.24, 2.45) is 0 Å². The van der Waals surface area contributed by atoms with Crippen molar-refractivity contribution < 1.29 is 31.5 Å². The minimum Gasteiger partial charge on any atom is -0.475 e. The third kappa shape index (κ3) is 6.45. The average Bonchev–Trinajstić information content (AvgIpc) is 3.34. The summed E-state index contributed by atoms with van der Waals surface area (Å²) in [5, 5.41) is 12.5. The Kier molecular flexibility index (Phi) is 7.91. The van der Waals surface area contributed by atoms with Crippen molar-refractivity contribution in [3.8, 4) is 0 Å². The van der Waals surface area contributed by atoms with Crippen LogP contribution in [0.1, 0.15) is 6.42 Å². The highest BCUT2D eigenvalue weighted by molar-refractivity contribution is 7.92. The average molecular weight is 487 g/mol. The Morgan fingerprint density at radius 3 is 2.57 bits per heavy atom. The molecule has 1 aromatic carbocycles. The van der Waals surface area contributed by atoms with Gasteiger partial charge >= 0.3 is 12.1 Å². The number of rotatable bonds is 5. The number of sulfonamides is 1. The number of nitrogens with one attached hydrogen (secondary N) is 2. The summed E-state index contributed by atoms with van der Waals surface area (Å²) in [7, 11) is -1.72. The molecule has 0 bridgehead atoms. The van der Waals surface area contributed by atoms with Crippen LogP contribution in [0.4, 0.5) is 24.7 Å². The predicted octanol–water partition coefficient (Wildman–Crippen LogP) is 3.03. The molecule has 2 heterocycles. The largest absolute Gasteiger partial charge is 0.490 e. The van der Waals surface area contributed by atoms with E-state index < -0.39 is 22.2 Å². The van der Waals surface area contributed by atoms with Crippen LogP contribution in [0.3, 0.4) is 0 Å². The van der Waals surface area contributed by atoms with Gasteiger partial charge in [0, 0.05) is 25.0 Å². The number of aromatic nitrogens is 1. The first-order chi connectivity index (χ1) is 13.9. The van der Waals surface area contributed by atoms with Gasteiger partial charge in [0.25, 0.3) is 10.0 Å². The van der Waals surface area contributed by atoms with Gasteiger partial charge in [-0.2, -0.15) is 13.2 Å². The van der Waals surface area contributed by atoms with Gasteiger partial charge in [-0.25, -0.2) is 18.2 Å². The highest BCUT2D eigenvalue weighted by atomic mass is 35.5. The van der Waals surface area contributed by atoms with Crippen LogP contribution in [-0.2, 0) is 14.8 Å². The van der Waals surface area contributed by atoms with Crippen LogP contribution < -0.4 is 14.9 Å². The molecular weight excluding hydrogens is 469 g/mol. The van der Waals surface area contributed by atoms with Crippen molar-refractivity contribution >= 4 is 50.4 Å². The van der Waals surface area contributed by atoms with Gasteiger partial charge in [0.15, 0.2) is 5.82 Å². The Morgan fingerprint density at radius 2 is 2.10 bits per heavy atom. The Labute approximate surface area is 179 Å². The molecule has 2 aromatic rings. The third-order valence-corrected chi connectivity index (χ3v) is 6.35. The van der Waals surface area contributed by atoms with Crippen molar-refractivity contribution in [1.82, 2.24) is 10.3 Å². The Balaban J connectivity index is 0.000000396. The predicted molar refractivity (Wildman–Crippen MR) is 108 cm³/mol. The third-order valence-electron chi connectivity index (χ3n) is 4.11. The second-order valence-corrected chi connectivity index (χ2v) is 8.96. The van der Waals surface area contributed by atoms with E-state index in [0.717, 1.165) is 25.2 Å². The van der Waals surface area contributed by atoms with Gasteiger partial charge < -0.3 is 15.3 Å². The van der Waals surface area contributed by atoms with Crippen LogP contribution in [0.25, 0.3) is 0 Å². The highest BCUT2D eigenvalue weighted by Crippen LogP contribution is 2.30. The van der Waals surface area contributed by atoms with E-state index in [-0.39, 0.29) is 4.90 Å². The molecule has 0 radical (unpaired) electrons. The van der Waals surface area contributed by atoms with Crippen molar-refractivity contribution in [3.63, 3.8) is 0 Å². The van der Waals surface area contributed by atoms with E-state index in [1.165, 1.54) is 17.4 Å². The highest BCUT2D eigenvalue weighted by Gasteiger charge is 2.38. The normalized spacial score (nSPS) is 16.5. The molecule has 166 valence electrons. The maximum Gasteiger partial charge on any atom is 0.490 e. The Bertz CT molecular complexity index is 965. The lowest BCUT2D eigenvalue weighted by Crippen LogP contribution is -2.33. The summed E-state index contributed by atoms with van der Waals surface area (Å²) in [4.78, 5) is 15.0. The monoisotopic (exact) mass is 486 g/mol. The first-order valence-corrected chi connectivity index (χ1v) is 11.2. The summed E-state index contributed by atoms with van der Waals surface area (Å²) < 4.78 is 58.9. The molecule has 3 rings (SSSR count). The molecule has 1 saturated heterocycles. The number of carboxylic acid groups (broad SMARTS) is 1. The van der Waals surface area contributed by atoms with Gasteiger partial charge in [-0.1, -0.05) is 11.6 Å². The molecule has 0 amide bonds. The van der Waals surface area contributed by atoms with E-state index in [4.69, 9.17) is 21.5 Å². The molecule has 8 nitrogen and oxygen atoms in total. The van der Waals surface area contributed by atoms with Gasteiger partial charge in [0.2, 0.25) is 0 Å². The smallest absolute Gasteiger partial charge is 0.475 e.